The van der Waals surface area contributed by atoms with E-state index in [2.05, 4.69) is 45.4 Å². The number of piperazine rings is 1. The van der Waals surface area contributed by atoms with Gasteiger partial charge < -0.3 is 44.8 Å². The summed E-state index contributed by atoms with van der Waals surface area (Å²) in [5.41, 5.74) is 4.37. The molecule has 5 saturated heterocycles. The number of thiazole rings is 1. The fourth-order valence-corrected chi connectivity index (χ4v) is 13.3. The second kappa shape index (κ2) is 20.7. The summed E-state index contributed by atoms with van der Waals surface area (Å²) >= 11 is 1.58. The van der Waals surface area contributed by atoms with Crippen molar-refractivity contribution < 1.29 is 42.2 Å². The Labute approximate surface area is 452 Å². The quantitative estimate of drug-likeness (QED) is 0.0820. The van der Waals surface area contributed by atoms with Crippen molar-refractivity contribution in [2.45, 2.75) is 96.0 Å². The number of phenols is 1. The Bertz CT molecular complexity index is 3410. The van der Waals surface area contributed by atoms with E-state index < -0.39 is 35.5 Å². The van der Waals surface area contributed by atoms with Gasteiger partial charge in [-0.05, 0) is 93.3 Å². The molecule has 0 saturated carbocycles. The van der Waals surface area contributed by atoms with Crippen LogP contribution in [0, 0.1) is 35.7 Å². The van der Waals surface area contributed by atoms with Gasteiger partial charge in [-0.3, -0.25) is 19.5 Å². The molecule has 17 nitrogen and oxygen atoms in total. The molecule has 5 aliphatic heterocycles. The number of nitrogens with one attached hydrogen (secondary N) is 2. The fourth-order valence-electron chi connectivity index (χ4n) is 12.5. The van der Waals surface area contributed by atoms with E-state index in [1.54, 1.807) is 11.3 Å². The molecule has 6 atom stereocenters. The molecule has 9 heterocycles. The zero-order chi connectivity index (χ0) is 54.1. The lowest BCUT2D eigenvalue weighted by Crippen LogP contribution is -2.60. The molecular formula is C57H62F3N11O6S. The summed E-state index contributed by atoms with van der Waals surface area (Å²) in [6.07, 6.45) is 4.65. The number of aliphatic hydroxyl groups is 1. The highest BCUT2D eigenvalue weighted by atomic mass is 32.1. The van der Waals surface area contributed by atoms with Crippen molar-refractivity contribution in [3.63, 3.8) is 0 Å². The van der Waals surface area contributed by atoms with Crippen molar-refractivity contribution in [2.24, 2.45) is 11.3 Å². The summed E-state index contributed by atoms with van der Waals surface area (Å²) in [6, 6.07) is 13.9. The Morgan fingerprint density at radius 3 is 2.42 bits per heavy atom. The maximum Gasteiger partial charge on any atom is 0.319 e. The summed E-state index contributed by atoms with van der Waals surface area (Å²) in [5.74, 6) is -3.36. The SMILES string of the molecule is Cc1ncsc1-c1ccc([C@H](C)NC(=O)[C@@H]2C[C@@H](O)CN2C(=O)[C@@H](c2cc(N3CC4(CCN(CCOc5nc(N6CC7CCC(C6)N7)c6cnc(-c7cc(O)cc8ccc(F)c(F)c78)c(F)c6n5)CC4)C3)no2)C(C)C)cc1. The largest absolute Gasteiger partial charge is 0.508 e. The molecule has 78 heavy (non-hydrogen) atoms. The molecule has 21 heteroatoms. The molecule has 408 valence electrons. The number of ether oxygens (including phenoxy) is 1. The van der Waals surface area contributed by atoms with Crippen molar-refractivity contribution in [3.8, 4) is 33.5 Å². The molecule has 2 unspecified atom stereocenters. The fraction of sp³-hybridized carbons (Fsp3) is 0.456. The minimum atomic E-state index is -1.17. The van der Waals surface area contributed by atoms with E-state index in [1.807, 2.05) is 63.5 Å². The first-order valence-corrected chi connectivity index (χ1v) is 27.8. The molecule has 7 aromatic rings. The number of aromatic hydroxyl groups is 1. The second-order valence-electron chi connectivity index (χ2n) is 22.4. The molecule has 0 radical (unpaired) electrons. The van der Waals surface area contributed by atoms with Crippen LogP contribution in [0.15, 0.2) is 70.8 Å². The first-order valence-electron chi connectivity index (χ1n) is 26.9. The normalized spacial score (nSPS) is 21.9. The number of hydrogen-bond acceptors (Lipinski definition) is 16. The van der Waals surface area contributed by atoms with Crippen LogP contribution in [0.5, 0.6) is 11.8 Å². The van der Waals surface area contributed by atoms with E-state index in [4.69, 9.17) is 14.2 Å². The van der Waals surface area contributed by atoms with Crippen LogP contribution in [-0.2, 0) is 9.59 Å². The van der Waals surface area contributed by atoms with Crippen molar-refractivity contribution in [3.05, 3.63) is 101 Å². The number of β-amino-alcohol motifs (C(OH)–C–C–N with tert-alkyl or cyclic N) is 1. The average Bonchev–Trinajstić information content (AvgIpc) is 4.37. The molecule has 1 spiro atoms. The molecule has 5 aliphatic rings. The summed E-state index contributed by atoms with van der Waals surface area (Å²) in [6.45, 7) is 13.1. The first kappa shape index (κ1) is 51.8. The van der Waals surface area contributed by atoms with E-state index in [-0.39, 0.29) is 100 Å². The molecule has 12 rings (SSSR count). The van der Waals surface area contributed by atoms with Crippen LogP contribution in [-0.4, -0.2) is 140 Å². The Kier molecular flexibility index (Phi) is 13.7. The summed E-state index contributed by atoms with van der Waals surface area (Å²) < 4.78 is 59.0. The Morgan fingerprint density at radius 1 is 0.949 bits per heavy atom. The van der Waals surface area contributed by atoms with Gasteiger partial charge in [-0.15, -0.1) is 11.3 Å². The van der Waals surface area contributed by atoms with Crippen LogP contribution >= 0.6 is 11.3 Å². The lowest BCUT2D eigenvalue weighted by molar-refractivity contribution is -0.141. The van der Waals surface area contributed by atoms with E-state index in [9.17, 15) is 24.2 Å². The highest BCUT2D eigenvalue weighted by molar-refractivity contribution is 7.13. The van der Waals surface area contributed by atoms with Crippen molar-refractivity contribution in [1.82, 2.24) is 45.5 Å². The summed E-state index contributed by atoms with van der Waals surface area (Å²) in [7, 11) is 0. The molecule has 0 aliphatic carbocycles. The van der Waals surface area contributed by atoms with Crippen LogP contribution in [0.3, 0.4) is 0 Å². The van der Waals surface area contributed by atoms with Gasteiger partial charge in [-0.25, -0.2) is 18.2 Å². The van der Waals surface area contributed by atoms with Gasteiger partial charge in [0.15, 0.2) is 29.0 Å². The van der Waals surface area contributed by atoms with Crippen LogP contribution in [0.2, 0.25) is 0 Å². The lowest BCUT2D eigenvalue weighted by Gasteiger charge is -2.54. The number of fused-ring (bicyclic) bond motifs is 4. The molecule has 2 amide bonds. The summed E-state index contributed by atoms with van der Waals surface area (Å²) in [4.78, 5) is 55.6. The van der Waals surface area contributed by atoms with Crippen molar-refractivity contribution in [1.29, 1.82) is 0 Å². The van der Waals surface area contributed by atoms with Crippen molar-refractivity contribution in [2.75, 3.05) is 68.8 Å². The van der Waals surface area contributed by atoms with E-state index in [0.29, 0.717) is 42.4 Å². The number of hydrogen-bond donors (Lipinski definition) is 4. The third-order valence-corrected chi connectivity index (χ3v) is 17.7. The number of phenolic OH excluding ortho intramolecular Hbond substituents is 1. The average molecular weight is 1090 g/mol. The van der Waals surface area contributed by atoms with Crippen LogP contribution in [0.25, 0.3) is 43.4 Å². The number of rotatable bonds is 14. The number of benzene rings is 3. The minimum Gasteiger partial charge on any atom is -0.508 e. The highest BCUT2D eigenvalue weighted by Crippen LogP contribution is 2.44. The smallest absolute Gasteiger partial charge is 0.319 e. The topological polar surface area (TPSA) is 198 Å². The number of aliphatic hydroxyl groups excluding tert-OH is 1. The Morgan fingerprint density at radius 2 is 1.71 bits per heavy atom. The molecule has 4 aromatic heterocycles. The monoisotopic (exact) mass is 1090 g/mol. The van der Waals surface area contributed by atoms with Gasteiger partial charge in [0.1, 0.15) is 41.3 Å². The summed E-state index contributed by atoms with van der Waals surface area (Å²) in [5, 5.41) is 32.8. The van der Waals surface area contributed by atoms with Gasteiger partial charge in [0.05, 0.1) is 33.6 Å². The van der Waals surface area contributed by atoms with Gasteiger partial charge in [-0.2, -0.15) is 9.97 Å². The van der Waals surface area contributed by atoms with Gasteiger partial charge in [-0.1, -0.05) is 49.3 Å². The Balaban J connectivity index is 0.675. The lowest BCUT2D eigenvalue weighted by atomic mass is 9.72. The van der Waals surface area contributed by atoms with Gasteiger partial charge in [0, 0.05) is 86.4 Å². The maximum absolute atomic E-state index is 16.9. The van der Waals surface area contributed by atoms with E-state index >= 15 is 8.78 Å². The number of carbonyl (C=O) groups excluding carboxylic acids is 2. The highest BCUT2D eigenvalue weighted by Gasteiger charge is 2.47. The molecule has 3 aromatic carbocycles. The van der Waals surface area contributed by atoms with Gasteiger partial charge in [0.2, 0.25) is 11.8 Å². The molecule has 4 N–H and O–H groups in total. The minimum absolute atomic E-state index is 0.0110. The third-order valence-electron chi connectivity index (χ3n) is 16.7. The number of anilines is 2. The number of aromatic nitrogens is 5. The second-order valence-corrected chi connectivity index (χ2v) is 23.2. The Hall–Kier alpha value is -6.94. The van der Waals surface area contributed by atoms with Crippen LogP contribution in [0.4, 0.5) is 24.8 Å². The number of aryl methyl sites for hydroxylation is 1. The number of halogens is 3. The van der Waals surface area contributed by atoms with E-state index in [1.165, 1.54) is 29.3 Å². The van der Waals surface area contributed by atoms with Gasteiger partial charge in [0.25, 0.3) is 0 Å². The molecular weight excluding hydrogens is 1020 g/mol. The molecule has 2 bridgehead atoms. The van der Waals surface area contributed by atoms with Crippen LogP contribution in [0.1, 0.15) is 81.9 Å². The van der Waals surface area contributed by atoms with E-state index in [0.717, 1.165) is 79.6 Å². The number of piperidine rings is 1. The zero-order valence-electron chi connectivity index (χ0n) is 43.9. The number of nitrogens with zero attached hydrogens (tertiary/aromatic N) is 9. The predicted octanol–water partition coefficient (Wildman–Crippen LogP) is 7.89. The van der Waals surface area contributed by atoms with Crippen molar-refractivity contribution >= 4 is 56.5 Å². The number of pyridine rings is 1. The molecule has 5 fully saturated rings. The standard InChI is InChI=1S/C57H62F3N11O6S/c1-30(2)46(55(75)71-26-39(73)21-43(71)54(74)63-31(3)33-5-7-34(8-6-33)52-32(4)62-29-78-52)44-22-45(67-77-44)70-27-57(28-70)13-15-68(16-14-57)17-18-76-56-65-51-41(53(66-56)69-24-36-10-11-37(25-69)64-36)23-61-50(49(51)60)40-20-38(72)19-35-9-12-42(58)48(59)47(35)40/h5-9,12,19-20,22-23,29-31,36-37,39,43,46,64,72-73H,10-11,13-18,21,24-28H2,1-4H3,(H,63,74)/t31-,36?,37?,39+,43-,46+/m0/s1. The predicted molar refractivity (Wildman–Crippen MR) is 289 cm³/mol. The number of likely N-dealkylation sites (tertiary alicyclic amines) is 2. The van der Waals surface area contributed by atoms with Crippen LogP contribution < -0.4 is 25.2 Å². The maximum atomic E-state index is 16.9. The first-order chi connectivity index (χ1) is 37.6. The third kappa shape index (κ3) is 9.76. The zero-order valence-corrected chi connectivity index (χ0v) is 44.7. The van der Waals surface area contributed by atoms with Gasteiger partial charge >= 0.3 is 6.01 Å². The number of carbonyl (C=O) groups is 2. The number of amides is 2.